The summed E-state index contributed by atoms with van der Waals surface area (Å²) in [7, 11) is 0. The zero-order chi connectivity index (χ0) is 69.2. The molecule has 0 bridgehead atoms. The lowest BCUT2D eigenvalue weighted by molar-refractivity contribution is 0.668. The van der Waals surface area contributed by atoms with Crippen molar-refractivity contribution in [1.29, 1.82) is 0 Å². The molecule has 0 amide bonds. The van der Waals surface area contributed by atoms with Gasteiger partial charge in [-0.3, -0.25) is 0 Å². The Bertz CT molecular complexity index is 5960. The third kappa shape index (κ3) is 13.3. The van der Waals surface area contributed by atoms with Crippen molar-refractivity contribution in [2.45, 2.75) is 59.3 Å². The molecule has 492 valence electrons. The summed E-state index contributed by atoms with van der Waals surface area (Å²) in [5.41, 5.74) is 31.6. The summed E-state index contributed by atoms with van der Waals surface area (Å²) in [5.74, 6) is 1.64. The van der Waals surface area contributed by atoms with E-state index in [-0.39, 0.29) is 0 Å². The summed E-state index contributed by atoms with van der Waals surface area (Å²) in [6, 6.07) is 124. The van der Waals surface area contributed by atoms with Gasteiger partial charge in [0.2, 0.25) is 0 Å². The van der Waals surface area contributed by atoms with Crippen LogP contribution in [0.1, 0.15) is 76.0 Å². The Morgan fingerprint density at radius 1 is 0.167 bits per heavy atom. The highest BCUT2D eigenvalue weighted by Gasteiger charge is 2.16. The summed E-state index contributed by atoms with van der Waals surface area (Å²) < 4.78 is 18.3. The molecule has 0 aliphatic rings. The Labute approximate surface area is 597 Å². The highest BCUT2D eigenvalue weighted by Crippen LogP contribution is 2.40. The zero-order valence-electron chi connectivity index (χ0n) is 58.4. The van der Waals surface area contributed by atoms with E-state index >= 15 is 0 Å². The Balaban J connectivity index is 0.000000118. The van der Waals surface area contributed by atoms with Crippen molar-refractivity contribution in [1.82, 2.24) is 0 Å². The molecule has 0 unspecified atom stereocenters. The average molecular weight is 1320 g/mol. The van der Waals surface area contributed by atoms with E-state index in [0.717, 1.165) is 82.5 Å². The fraction of sp³-hybridized carbons (Fsp3) is 0.0909. The van der Waals surface area contributed by atoms with Gasteiger partial charge in [0.15, 0.2) is 0 Å². The molecule has 0 N–H and O–H groups in total. The molecule has 0 aliphatic heterocycles. The van der Waals surface area contributed by atoms with Gasteiger partial charge in [-0.2, -0.15) is 0 Å². The van der Waals surface area contributed by atoms with Crippen molar-refractivity contribution in [3.63, 3.8) is 0 Å². The normalized spacial score (nSPS) is 11.5. The topological polar surface area (TPSA) is 39.4 Å². The van der Waals surface area contributed by atoms with Crippen molar-refractivity contribution in [3.8, 4) is 100 Å². The zero-order valence-corrected chi connectivity index (χ0v) is 58.4. The first-order valence-corrected chi connectivity index (χ1v) is 35.6. The van der Waals surface area contributed by atoms with Gasteiger partial charge in [-0.15, -0.1) is 0 Å². The van der Waals surface area contributed by atoms with Gasteiger partial charge in [0, 0.05) is 37.9 Å². The first-order valence-electron chi connectivity index (χ1n) is 35.6. The molecule has 3 heteroatoms. The smallest absolute Gasteiger partial charge is 0.143 e. The molecular weight excluding hydrogens is 1240 g/mol. The van der Waals surface area contributed by atoms with Crippen LogP contribution in [0.3, 0.4) is 0 Å². The van der Waals surface area contributed by atoms with E-state index in [9.17, 15) is 0 Å². The molecule has 0 radical (unpaired) electrons. The quantitative estimate of drug-likeness (QED) is 0.122. The fourth-order valence-electron chi connectivity index (χ4n) is 14.2. The van der Waals surface area contributed by atoms with Crippen molar-refractivity contribution in [3.05, 3.63) is 362 Å². The van der Waals surface area contributed by atoms with Gasteiger partial charge >= 0.3 is 0 Å². The van der Waals surface area contributed by atoms with Gasteiger partial charge in [0.1, 0.15) is 33.5 Å². The van der Waals surface area contributed by atoms with Gasteiger partial charge in [-0.05, 0) is 190 Å². The van der Waals surface area contributed by atoms with Crippen molar-refractivity contribution < 1.29 is 13.3 Å². The molecule has 3 aromatic heterocycles. The molecule has 0 fully saturated rings. The van der Waals surface area contributed by atoms with Crippen molar-refractivity contribution in [2.24, 2.45) is 0 Å². The summed E-state index contributed by atoms with van der Waals surface area (Å²) in [6.45, 7) is 13.4. The van der Waals surface area contributed by atoms with E-state index in [4.69, 9.17) is 13.3 Å². The maximum Gasteiger partial charge on any atom is 0.143 e. The third-order valence-corrected chi connectivity index (χ3v) is 20.1. The lowest BCUT2D eigenvalue weighted by Gasteiger charge is -2.10. The second kappa shape index (κ2) is 28.1. The number of para-hydroxylation sites is 4. The van der Waals surface area contributed by atoms with Gasteiger partial charge in [-0.1, -0.05) is 327 Å². The molecule has 0 spiro atoms. The standard InChI is InChI=1S/3C33H26O/c1-22(2)23-13-15-24(16-14-23)27-7-5-8-28(21-27)25-17-19-26(20-18-25)29-10-6-11-31-30-9-3-4-12-32(30)34-33(29)31;1-22(2)23-10-12-24(13-11-23)27-6-5-7-28(20-27)25-14-16-26(17-15-25)29-18-19-33-31(21-29)30-8-3-4-9-32(30)34-33;1-22(2)23-10-12-24(13-11-23)27-6-5-7-28(20-27)25-14-16-26(17-15-25)29-18-19-31-30-8-3-4-9-32(30)34-33(31)21-29/h3*3-22H,1-2H3. The fourth-order valence-corrected chi connectivity index (χ4v) is 14.2. The molecule has 0 aliphatic carbocycles. The van der Waals surface area contributed by atoms with Crippen molar-refractivity contribution >= 4 is 65.8 Å². The molecule has 15 aromatic carbocycles. The maximum absolute atomic E-state index is 6.24. The summed E-state index contributed by atoms with van der Waals surface area (Å²) >= 11 is 0. The SMILES string of the molecule is CC(C)c1ccc(-c2cccc(-c3ccc(-c4ccc5c(c4)oc4ccccc45)cc3)c2)cc1.CC(C)c1ccc(-c2cccc(-c3ccc(-c4ccc5oc6ccccc6c5c4)cc3)c2)cc1.CC(C)c1ccc(-c2cccc(-c3ccc(-c4cccc5c4oc4ccccc45)cc3)c2)cc1. The minimum Gasteiger partial charge on any atom is -0.456 e. The van der Waals surface area contributed by atoms with E-state index in [1.54, 1.807) is 0 Å². The van der Waals surface area contributed by atoms with Gasteiger partial charge in [0.25, 0.3) is 0 Å². The predicted octanol–water partition coefficient (Wildman–Crippen LogP) is 29.1. The molecule has 0 atom stereocenters. The maximum atomic E-state index is 6.24. The number of furan rings is 3. The van der Waals surface area contributed by atoms with Gasteiger partial charge in [0.05, 0.1) is 0 Å². The molecule has 102 heavy (non-hydrogen) atoms. The number of fused-ring (bicyclic) bond motifs is 9. The number of hydrogen-bond donors (Lipinski definition) is 0. The minimum absolute atomic E-state index is 0.546. The lowest BCUT2D eigenvalue weighted by Crippen LogP contribution is -1.87. The highest BCUT2D eigenvalue weighted by atomic mass is 16.3. The third-order valence-electron chi connectivity index (χ3n) is 20.1. The predicted molar refractivity (Wildman–Crippen MR) is 432 cm³/mol. The van der Waals surface area contributed by atoms with E-state index in [1.165, 1.54) is 100 Å². The molecule has 3 heterocycles. The van der Waals surface area contributed by atoms with E-state index in [0.29, 0.717) is 17.8 Å². The Hall–Kier alpha value is -12.3. The van der Waals surface area contributed by atoms with E-state index in [2.05, 4.69) is 351 Å². The van der Waals surface area contributed by atoms with Gasteiger partial charge in [-0.25, -0.2) is 0 Å². The van der Waals surface area contributed by atoms with Crippen molar-refractivity contribution in [2.75, 3.05) is 0 Å². The number of rotatable bonds is 12. The van der Waals surface area contributed by atoms with Crippen LogP contribution in [-0.4, -0.2) is 0 Å². The Morgan fingerprint density at radius 2 is 0.431 bits per heavy atom. The second-order valence-corrected chi connectivity index (χ2v) is 27.7. The molecule has 3 nitrogen and oxygen atoms in total. The molecule has 0 saturated carbocycles. The molecule has 18 rings (SSSR count). The van der Waals surface area contributed by atoms with Gasteiger partial charge < -0.3 is 13.3 Å². The van der Waals surface area contributed by atoms with Crippen LogP contribution in [0.4, 0.5) is 0 Å². The molecule has 0 saturated heterocycles. The largest absolute Gasteiger partial charge is 0.456 e. The lowest BCUT2D eigenvalue weighted by atomic mass is 9.95. The number of hydrogen-bond acceptors (Lipinski definition) is 3. The Morgan fingerprint density at radius 3 is 0.833 bits per heavy atom. The summed E-state index contributed by atoms with van der Waals surface area (Å²) in [4.78, 5) is 0. The van der Waals surface area contributed by atoms with Crippen LogP contribution in [0, 0.1) is 0 Å². The van der Waals surface area contributed by atoms with Crippen LogP contribution < -0.4 is 0 Å². The first kappa shape index (κ1) is 64.4. The van der Waals surface area contributed by atoms with E-state index in [1.807, 2.05) is 36.4 Å². The first-order chi connectivity index (χ1) is 50.0. The summed E-state index contributed by atoms with van der Waals surface area (Å²) in [5, 5.41) is 6.97. The number of benzene rings is 15. The Kier molecular flexibility index (Phi) is 17.8. The monoisotopic (exact) mass is 1310 g/mol. The highest BCUT2D eigenvalue weighted by molar-refractivity contribution is 6.10. The second-order valence-electron chi connectivity index (χ2n) is 27.7. The van der Waals surface area contributed by atoms with Crippen LogP contribution in [0.5, 0.6) is 0 Å². The van der Waals surface area contributed by atoms with Crippen LogP contribution in [-0.2, 0) is 0 Å². The average Bonchev–Trinajstić information content (AvgIpc) is 1.61. The molecule has 18 aromatic rings. The van der Waals surface area contributed by atoms with Crippen LogP contribution in [0.2, 0.25) is 0 Å². The van der Waals surface area contributed by atoms with Crippen LogP contribution in [0.25, 0.3) is 166 Å². The van der Waals surface area contributed by atoms with E-state index < -0.39 is 0 Å². The minimum atomic E-state index is 0.546. The molecular formula is C99H78O3. The summed E-state index contributed by atoms with van der Waals surface area (Å²) in [6.07, 6.45) is 0. The van der Waals surface area contributed by atoms with Crippen LogP contribution >= 0.6 is 0 Å². The van der Waals surface area contributed by atoms with Crippen LogP contribution in [0.15, 0.2) is 359 Å².